The fourth-order valence-electron chi connectivity index (χ4n) is 3.12. The Hall–Kier alpha value is -0.970. The van der Waals surface area contributed by atoms with Gasteiger partial charge in [-0.05, 0) is 30.9 Å². The number of piperidine rings is 1. The van der Waals surface area contributed by atoms with Crippen LogP contribution in [0.4, 0.5) is 0 Å². The van der Waals surface area contributed by atoms with Gasteiger partial charge in [0, 0.05) is 26.1 Å². The van der Waals surface area contributed by atoms with Crippen molar-refractivity contribution in [2.45, 2.75) is 38.7 Å². The van der Waals surface area contributed by atoms with Crippen LogP contribution in [0.3, 0.4) is 0 Å². The number of hydrogen-bond acceptors (Lipinski definition) is 4. The second kappa shape index (κ2) is 6.03. The number of likely N-dealkylation sites (tertiary alicyclic amines) is 1. The van der Waals surface area contributed by atoms with Gasteiger partial charge in [0.25, 0.3) is 0 Å². The van der Waals surface area contributed by atoms with E-state index in [0.717, 1.165) is 43.0 Å². The van der Waals surface area contributed by atoms with E-state index in [4.69, 9.17) is 0 Å². The van der Waals surface area contributed by atoms with Gasteiger partial charge in [-0.2, -0.15) is 0 Å². The average Bonchev–Trinajstić information content (AvgIpc) is 2.83. The van der Waals surface area contributed by atoms with Crippen LogP contribution in [0.15, 0.2) is 24.3 Å². The Kier molecular flexibility index (Phi) is 4.29. The van der Waals surface area contributed by atoms with E-state index in [1.165, 1.54) is 4.70 Å². The summed E-state index contributed by atoms with van der Waals surface area (Å²) < 4.78 is 1.22. The maximum atomic E-state index is 10.8. The van der Waals surface area contributed by atoms with Crippen molar-refractivity contribution in [2.24, 2.45) is 5.92 Å². The van der Waals surface area contributed by atoms with Crippen molar-refractivity contribution in [3.8, 4) is 0 Å². The Bertz CT molecular complexity index is 567. The summed E-state index contributed by atoms with van der Waals surface area (Å²) in [6.07, 6.45) is 2.41. The lowest BCUT2D eigenvalue weighted by Gasteiger charge is -2.38. The molecule has 1 aromatic heterocycles. The normalized spacial score (nSPS) is 19.4. The zero-order valence-corrected chi connectivity index (χ0v) is 13.7. The van der Waals surface area contributed by atoms with Gasteiger partial charge in [-0.25, -0.2) is 4.98 Å². The molecule has 21 heavy (non-hydrogen) atoms. The third kappa shape index (κ3) is 3.62. The summed E-state index contributed by atoms with van der Waals surface area (Å²) in [5.41, 5.74) is 0.486. The van der Waals surface area contributed by atoms with E-state index in [1.807, 2.05) is 18.2 Å². The van der Waals surface area contributed by atoms with Crippen molar-refractivity contribution in [3.63, 3.8) is 0 Å². The minimum absolute atomic E-state index is 0.568. The lowest BCUT2D eigenvalue weighted by atomic mass is 9.88. The maximum Gasteiger partial charge on any atom is 0.0967 e. The van der Waals surface area contributed by atoms with Crippen molar-refractivity contribution in [2.75, 3.05) is 19.6 Å². The highest BCUT2D eigenvalue weighted by Crippen LogP contribution is 2.30. The minimum Gasteiger partial charge on any atom is -0.389 e. The van der Waals surface area contributed by atoms with Gasteiger partial charge in [0.15, 0.2) is 0 Å². The molecule has 1 fully saturated rings. The molecule has 0 amide bonds. The summed E-state index contributed by atoms with van der Waals surface area (Å²) in [4.78, 5) is 7.13. The molecule has 0 aliphatic carbocycles. The molecular formula is C17H24N2OS. The van der Waals surface area contributed by atoms with Crippen molar-refractivity contribution >= 4 is 21.6 Å². The van der Waals surface area contributed by atoms with Crippen LogP contribution < -0.4 is 0 Å². The van der Waals surface area contributed by atoms with Gasteiger partial charge in [-0.15, -0.1) is 11.3 Å². The predicted molar refractivity (Wildman–Crippen MR) is 88.8 cm³/mol. The van der Waals surface area contributed by atoms with E-state index >= 15 is 0 Å². The Balaban J connectivity index is 1.64. The Morgan fingerprint density at radius 3 is 2.67 bits per heavy atom. The highest BCUT2D eigenvalue weighted by atomic mass is 32.1. The van der Waals surface area contributed by atoms with Gasteiger partial charge in [0.05, 0.1) is 20.8 Å². The van der Waals surface area contributed by atoms with Crippen LogP contribution in [0.2, 0.25) is 0 Å². The Labute approximate surface area is 130 Å². The van der Waals surface area contributed by atoms with E-state index in [2.05, 4.69) is 29.8 Å². The number of thiazole rings is 1. The highest BCUT2D eigenvalue weighted by Gasteiger charge is 2.33. The van der Waals surface area contributed by atoms with Gasteiger partial charge in [0.1, 0.15) is 0 Å². The number of rotatable bonds is 4. The summed E-state index contributed by atoms with van der Waals surface area (Å²) in [6, 6.07) is 8.21. The molecule has 1 N–H and O–H groups in total. The number of para-hydroxylation sites is 1. The molecule has 114 valence electrons. The van der Waals surface area contributed by atoms with E-state index in [1.54, 1.807) is 11.3 Å². The zero-order chi connectivity index (χ0) is 14.9. The SMILES string of the molecule is CC(C)CN1CCC(O)(Cc2nc3ccccc3s2)CC1. The van der Waals surface area contributed by atoms with Gasteiger partial charge in [-0.1, -0.05) is 26.0 Å². The van der Waals surface area contributed by atoms with E-state index in [9.17, 15) is 5.11 Å². The van der Waals surface area contributed by atoms with Crippen LogP contribution in [-0.2, 0) is 6.42 Å². The Morgan fingerprint density at radius 1 is 1.29 bits per heavy atom. The summed E-state index contributed by atoms with van der Waals surface area (Å²) in [5, 5.41) is 11.9. The smallest absolute Gasteiger partial charge is 0.0967 e. The van der Waals surface area contributed by atoms with E-state index in [-0.39, 0.29) is 0 Å². The molecule has 0 atom stereocenters. The van der Waals surface area contributed by atoms with Gasteiger partial charge in [0.2, 0.25) is 0 Å². The van der Waals surface area contributed by atoms with Crippen LogP contribution >= 0.6 is 11.3 Å². The van der Waals surface area contributed by atoms with Crippen LogP contribution in [0.25, 0.3) is 10.2 Å². The first-order valence-corrected chi connectivity index (χ1v) is 8.65. The lowest BCUT2D eigenvalue weighted by Crippen LogP contribution is -2.46. The first-order chi connectivity index (χ1) is 10.0. The zero-order valence-electron chi connectivity index (χ0n) is 12.9. The quantitative estimate of drug-likeness (QED) is 0.941. The molecule has 0 radical (unpaired) electrons. The molecule has 2 aromatic rings. The fourth-order valence-corrected chi connectivity index (χ4v) is 4.23. The maximum absolute atomic E-state index is 10.8. The van der Waals surface area contributed by atoms with Crippen LogP contribution in [-0.4, -0.2) is 40.2 Å². The Morgan fingerprint density at radius 2 is 2.00 bits per heavy atom. The summed E-state index contributed by atoms with van der Waals surface area (Å²) in [7, 11) is 0. The largest absolute Gasteiger partial charge is 0.389 e. The first kappa shape index (κ1) is 14.9. The van der Waals surface area contributed by atoms with E-state index < -0.39 is 5.60 Å². The molecule has 1 saturated heterocycles. The molecule has 3 nitrogen and oxygen atoms in total. The van der Waals surface area contributed by atoms with Gasteiger partial charge >= 0.3 is 0 Å². The minimum atomic E-state index is -0.568. The van der Waals surface area contributed by atoms with Gasteiger partial charge < -0.3 is 10.0 Å². The molecule has 1 aliphatic heterocycles. The van der Waals surface area contributed by atoms with Crippen molar-refractivity contribution < 1.29 is 5.11 Å². The van der Waals surface area contributed by atoms with Crippen LogP contribution in [0.1, 0.15) is 31.7 Å². The topological polar surface area (TPSA) is 36.4 Å². The molecule has 4 heteroatoms. The standard InChI is InChI=1S/C17H24N2OS/c1-13(2)12-19-9-7-17(20,8-10-19)11-16-18-14-5-3-4-6-15(14)21-16/h3-6,13,20H,7-12H2,1-2H3. The molecule has 2 heterocycles. The summed E-state index contributed by atoms with van der Waals surface area (Å²) >= 11 is 1.72. The lowest BCUT2D eigenvalue weighted by molar-refractivity contribution is -0.0227. The number of aliphatic hydroxyl groups is 1. The molecular weight excluding hydrogens is 280 g/mol. The van der Waals surface area contributed by atoms with Crippen molar-refractivity contribution in [1.82, 2.24) is 9.88 Å². The average molecular weight is 304 g/mol. The molecule has 1 aliphatic rings. The van der Waals surface area contributed by atoms with E-state index in [0.29, 0.717) is 12.3 Å². The molecule has 3 rings (SSSR count). The molecule has 0 saturated carbocycles. The number of aromatic nitrogens is 1. The van der Waals surface area contributed by atoms with Crippen LogP contribution in [0.5, 0.6) is 0 Å². The first-order valence-electron chi connectivity index (χ1n) is 7.83. The third-order valence-electron chi connectivity index (χ3n) is 4.23. The second-order valence-corrected chi connectivity index (χ2v) is 7.79. The fraction of sp³-hybridized carbons (Fsp3) is 0.588. The second-order valence-electron chi connectivity index (χ2n) is 6.67. The monoisotopic (exact) mass is 304 g/mol. The summed E-state index contributed by atoms with van der Waals surface area (Å²) in [5.74, 6) is 0.695. The summed E-state index contributed by atoms with van der Waals surface area (Å²) in [6.45, 7) is 7.64. The highest BCUT2D eigenvalue weighted by molar-refractivity contribution is 7.18. The number of fused-ring (bicyclic) bond motifs is 1. The third-order valence-corrected chi connectivity index (χ3v) is 5.26. The molecule has 0 bridgehead atoms. The predicted octanol–water partition coefficient (Wildman–Crippen LogP) is 3.32. The molecule has 1 aromatic carbocycles. The van der Waals surface area contributed by atoms with Crippen molar-refractivity contribution in [3.05, 3.63) is 29.3 Å². The number of benzene rings is 1. The van der Waals surface area contributed by atoms with Gasteiger partial charge in [-0.3, -0.25) is 0 Å². The van der Waals surface area contributed by atoms with Crippen LogP contribution in [0, 0.1) is 5.92 Å². The molecule has 0 spiro atoms. The number of nitrogens with zero attached hydrogens (tertiary/aromatic N) is 2. The number of hydrogen-bond donors (Lipinski definition) is 1. The molecule has 0 unspecified atom stereocenters. The van der Waals surface area contributed by atoms with Crippen molar-refractivity contribution in [1.29, 1.82) is 0 Å².